The molecule has 0 rings (SSSR count). The average molecular weight is 219 g/mol. The van der Waals surface area contributed by atoms with E-state index in [1.165, 1.54) is 0 Å². The van der Waals surface area contributed by atoms with Gasteiger partial charge < -0.3 is 9.59 Å². The molecule has 67 valence electrons. The second-order valence-corrected chi connectivity index (χ2v) is 2.96. The first-order chi connectivity index (χ1) is 6.68. The molecule has 0 unspecified atom stereocenters. The molecular formula is C9H3O3SSi. The molecule has 3 nitrogen and oxygen atoms in total. The minimum atomic E-state index is -2.96. The molecule has 2 N–H and O–H groups in total. The molecule has 5 heteroatoms. The second-order valence-electron chi connectivity index (χ2n) is 1.64. The fourth-order valence-electron chi connectivity index (χ4n) is 0.297. The van der Waals surface area contributed by atoms with E-state index in [-0.39, 0.29) is 0 Å². The fraction of sp³-hybridized carbons (Fsp3) is 0. The van der Waals surface area contributed by atoms with Crippen molar-refractivity contribution in [3.63, 3.8) is 0 Å². The van der Waals surface area contributed by atoms with Crippen LogP contribution in [0.1, 0.15) is 0 Å². The molecule has 0 spiro atoms. The first kappa shape index (κ1) is 12.4. The summed E-state index contributed by atoms with van der Waals surface area (Å²) in [6.45, 7) is 0. The van der Waals surface area contributed by atoms with Gasteiger partial charge in [0.2, 0.25) is 5.41 Å². The quantitative estimate of drug-likeness (QED) is 0.285. The highest BCUT2D eigenvalue weighted by molar-refractivity contribution is 7.85. The Bertz CT molecular complexity index is 451. The van der Waals surface area contributed by atoms with Crippen LogP contribution in [0.3, 0.4) is 0 Å². The molecule has 0 aromatic rings. The molecule has 14 heavy (non-hydrogen) atoms. The molecule has 0 heterocycles. The monoisotopic (exact) mass is 219 g/mol. The number of thiol groups is 1. The zero-order valence-electron chi connectivity index (χ0n) is 6.75. The van der Waals surface area contributed by atoms with Crippen molar-refractivity contribution >= 4 is 27.3 Å². The largest absolute Gasteiger partial charge is 0.473 e. The molecule has 1 radical (unpaired) electrons. The van der Waals surface area contributed by atoms with Gasteiger partial charge in [0, 0.05) is 0 Å². The lowest BCUT2D eigenvalue weighted by molar-refractivity contribution is -0.109. The lowest BCUT2D eigenvalue weighted by Crippen LogP contribution is -2.23. The lowest BCUT2D eigenvalue weighted by Gasteiger charge is -1.83. The number of rotatable bonds is 1. The minimum absolute atomic E-state index is 0.910. The van der Waals surface area contributed by atoms with Gasteiger partial charge in [-0.15, -0.1) is 0 Å². The highest BCUT2D eigenvalue weighted by atomic mass is 32.1. The maximum Gasteiger partial charge on any atom is 0.473 e. The molecule has 0 aliphatic rings. The van der Waals surface area contributed by atoms with Crippen LogP contribution < -0.4 is 0 Å². The molecular weight excluding hydrogens is 216 g/mol. The third-order valence-electron chi connectivity index (χ3n) is 0.748. The van der Waals surface area contributed by atoms with Crippen molar-refractivity contribution in [3.05, 3.63) is 0 Å². The van der Waals surface area contributed by atoms with E-state index in [4.69, 9.17) is 9.59 Å². The summed E-state index contributed by atoms with van der Waals surface area (Å²) in [5, 5.41) is 1.33. The molecule has 0 aromatic heterocycles. The highest BCUT2D eigenvalue weighted by Crippen LogP contribution is 1.70. The molecule has 0 saturated carbocycles. The van der Waals surface area contributed by atoms with Crippen LogP contribution in [-0.4, -0.2) is 24.3 Å². The van der Waals surface area contributed by atoms with Gasteiger partial charge in [-0.25, -0.2) is 0 Å². The van der Waals surface area contributed by atoms with Crippen LogP contribution in [0.5, 0.6) is 0 Å². The van der Waals surface area contributed by atoms with Crippen LogP contribution in [0.15, 0.2) is 0 Å². The van der Waals surface area contributed by atoms with E-state index in [0.717, 1.165) is 0 Å². The summed E-state index contributed by atoms with van der Waals surface area (Å²) in [6, 6.07) is 0. The van der Waals surface area contributed by atoms with Crippen molar-refractivity contribution < 1.29 is 14.4 Å². The second kappa shape index (κ2) is 8.02. The first-order valence-corrected chi connectivity index (χ1v) is 4.97. The Morgan fingerprint density at radius 3 is 2.00 bits per heavy atom. The van der Waals surface area contributed by atoms with Crippen LogP contribution in [0.4, 0.5) is 0 Å². The van der Waals surface area contributed by atoms with Gasteiger partial charge in [0.05, 0.1) is 0 Å². The van der Waals surface area contributed by atoms with Crippen LogP contribution in [0, 0.1) is 46.7 Å². The fourth-order valence-corrected chi connectivity index (χ4v) is 0.527. The number of hydrogen-bond donors (Lipinski definition) is 3. The zero-order valence-corrected chi connectivity index (χ0v) is 8.64. The predicted octanol–water partition coefficient (Wildman–Crippen LogP) is -1.53. The SMILES string of the molecule is O=C(C#CC#CC#CC#CS)[Si](O)O. The Morgan fingerprint density at radius 2 is 1.50 bits per heavy atom. The van der Waals surface area contributed by atoms with Gasteiger partial charge in [0.15, 0.2) is 0 Å². The molecule has 0 aromatic carbocycles. The Labute approximate surface area is 88.8 Å². The molecule has 0 aliphatic carbocycles. The van der Waals surface area contributed by atoms with Gasteiger partial charge in [0.1, 0.15) is 0 Å². The van der Waals surface area contributed by atoms with Gasteiger partial charge in [-0.3, -0.25) is 4.79 Å². The van der Waals surface area contributed by atoms with Crippen molar-refractivity contribution in [1.29, 1.82) is 0 Å². The van der Waals surface area contributed by atoms with Gasteiger partial charge in [-0.05, 0) is 46.7 Å². The van der Waals surface area contributed by atoms with E-state index in [1.54, 1.807) is 0 Å². The number of hydrogen-bond acceptors (Lipinski definition) is 4. The van der Waals surface area contributed by atoms with Crippen LogP contribution in [0.25, 0.3) is 0 Å². The number of carbonyl (C=O) groups excluding carboxylic acids is 1. The maximum atomic E-state index is 10.5. The van der Waals surface area contributed by atoms with Crippen molar-refractivity contribution in [2.75, 3.05) is 0 Å². The summed E-state index contributed by atoms with van der Waals surface area (Å²) in [6.07, 6.45) is 0. The van der Waals surface area contributed by atoms with Crippen molar-refractivity contribution in [1.82, 2.24) is 0 Å². The maximum absolute atomic E-state index is 10.5. The minimum Gasteiger partial charge on any atom is -0.404 e. The molecule has 0 atom stereocenters. The highest BCUT2D eigenvalue weighted by Gasteiger charge is 2.13. The summed E-state index contributed by atoms with van der Waals surface area (Å²) in [5.41, 5.74) is 0. The van der Waals surface area contributed by atoms with Crippen molar-refractivity contribution in [2.45, 2.75) is 0 Å². The van der Waals surface area contributed by atoms with Gasteiger partial charge >= 0.3 is 9.28 Å². The van der Waals surface area contributed by atoms with Crippen LogP contribution in [0.2, 0.25) is 0 Å². The zero-order chi connectivity index (χ0) is 10.8. The van der Waals surface area contributed by atoms with E-state index in [1.807, 2.05) is 5.92 Å². The van der Waals surface area contributed by atoms with E-state index >= 15 is 0 Å². The normalized spacial score (nSPS) is 6.29. The first-order valence-electron chi connectivity index (χ1n) is 3.12. The van der Waals surface area contributed by atoms with Crippen LogP contribution >= 0.6 is 12.6 Å². The van der Waals surface area contributed by atoms with Gasteiger partial charge in [0.25, 0.3) is 0 Å². The predicted molar refractivity (Wildman–Crippen MR) is 55.3 cm³/mol. The van der Waals surface area contributed by atoms with Crippen molar-refractivity contribution in [2.24, 2.45) is 0 Å². The summed E-state index contributed by atoms with van der Waals surface area (Å²) in [5.74, 6) is 15.6. The van der Waals surface area contributed by atoms with E-state index in [9.17, 15) is 4.79 Å². The molecule has 0 saturated heterocycles. The third kappa shape index (κ3) is 7.07. The summed E-state index contributed by atoms with van der Waals surface area (Å²) in [4.78, 5) is 27.3. The summed E-state index contributed by atoms with van der Waals surface area (Å²) < 4.78 is 0. The standard InChI is InChI=1S/C9H3O3SSi/c10-9(14(11)12)7-5-3-1-2-4-6-8-13/h11-13H. The smallest absolute Gasteiger partial charge is 0.404 e. The van der Waals surface area contributed by atoms with E-state index in [0.29, 0.717) is 0 Å². The summed E-state index contributed by atoms with van der Waals surface area (Å²) in [7, 11) is -2.96. The lowest BCUT2D eigenvalue weighted by atomic mass is 10.5. The Morgan fingerprint density at radius 1 is 1.00 bits per heavy atom. The van der Waals surface area contributed by atoms with E-state index < -0.39 is 14.7 Å². The molecule has 0 amide bonds. The third-order valence-corrected chi connectivity index (χ3v) is 1.39. The molecule has 0 aliphatic heterocycles. The topological polar surface area (TPSA) is 57.5 Å². The van der Waals surface area contributed by atoms with Crippen molar-refractivity contribution in [3.8, 4) is 46.7 Å². The number of carbonyl (C=O) groups is 1. The molecule has 0 fully saturated rings. The summed E-state index contributed by atoms with van der Waals surface area (Å²) >= 11 is 3.58. The Kier molecular flexibility index (Phi) is 7.10. The van der Waals surface area contributed by atoms with Gasteiger partial charge in [-0.2, -0.15) is 0 Å². The van der Waals surface area contributed by atoms with Crippen LogP contribution in [-0.2, 0) is 4.79 Å². The Balaban J connectivity index is 4.23. The molecule has 0 bridgehead atoms. The van der Waals surface area contributed by atoms with E-state index in [2.05, 4.69) is 53.4 Å². The Hall–Kier alpha value is -1.60. The van der Waals surface area contributed by atoms with Gasteiger partial charge in [-0.1, -0.05) is 12.6 Å². The average Bonchev–Trinajstić information content (AvgIpc) is 2.16.